The summed E-state index contributed by atoms with van der Waals surface area (Å²) in [6, 6.07) is 39.7. The molecule has 198 valence electrons. The summed E-state index contributed by atoms with van der Waals surface area (Å²) in [6.07, 6.45) is 14.3. The van der Waals surface area contributed by atoms with Crippen LogP contribution in [0.3, 0.4) is 0 Å². The third-order valence-corrected chi connectivity index (χ3v) is 8.48. The van der Waals surface area contributed by atoms with Crippen LogP contribution in [0, 0.1) is 0 Å². The predicted molar refractivity (Wildman–Crippen MR) is 177 cm³/mol. The minimum atomic E-state index is 1.01. The molecule has 2 heterocycles. The SMILES string of the molecule is C1=C(c2cc(-c3cccnc3)cc(-c3cccnc3)c2)C=C(c2ccc3c4ccccc4c4ccccc4c3c2)CC1. The van der Waals surface area contributed by atoms with E-state index in [1.54, 1.807) is 0 Å². The molecule has 0 N–H and O–H groups in total. The van der Waals surface area contributed by atoms with Gasteiger partial charge in [-0.15, -0.1) is 0 Å². The highest BCUT2D eigenvalue weighted by molar-refractivity contribution is 6.25. The first-order valence-corrected chi connectivity index (χ1v) is 14.5. The van der Waals surface area contributed by atoms with E-state index in [4.69, 9.17) is 0 Å². The Morgan fingerprint density at radius 1 is 0.429 bits per heavy atom. The van der Waals surface area contributed by atoms with Gasteiger partial charge in [-0.2, -0.15) is 0 Å². The van der Waals surface area contributed by atoms with Crippen molar-refractivity contribution in [3.8, 4) is 22.3 Å². The minimum absolute atomic E-state index is 1.01. The number of pyridine rings is 2. The zero-order chi connectivity index (χ0) is 27.9. The number of allylic oxidation sites excluding steroid dienone is 4. The summed E-state index contributed by atoms with van der Waals surface area (Å²) >= 11 is 0. The van der Waals surface area contributed by atoms with Gasteiger partial charge in [0.05, 0.1) is 0 Å². The van der Waals surface area contributed by atoms with Crippen LogP contribution in [0.1, 0.15) is 24.0 Å². The van der Waals surface area contributed by atoms with Crippen LogP contribution in [-0.4, -0.2) is 9.97 Å². The standard InChI is InChI=1S/C40H28N2/c1-2-14-37-35(12-1)36-13-3-4-15-38(36)40-24-29(16-17-39(37)40)27-8-5-9-28(20-27)32-21-33(30-10-6-18-41-25-30)23-34(22-32)31-11-7-19-42-26-31/h1-4,6-7,9-26H,5,8H2. The van der Waals surface area contributed by atoms with Gasteiger partial charge in [-0.05, 0) is 115 Å². The van der Waals surface area contributed by atoms with E-state index in [0.717, 1.165) is 35.1 Å². The summed E-state index contributed by atoms with van der Waals surface area (Å²) in [5, 5.41) is 7.87. The van der Waals surface area contributed by atoms with Crippen molar-refractivity contribution in [2.75, 3.05) is 0 Å². The topological polar surface area (TPSA) is 25.8 Å². The molecule has 0 bridgehead atoms. The van der Waals surface area contributed by atoms with Crippen molar-refractivity contribution in [2.45, 2.75) is 12.8 Å². The maximum absolute atomic E-state index is 4.38. The second kappa shape index (κ2) is 10.2. The van der Waals surface area contributed by atoms with E-state index < -0.39 is 0 Å². The quantitative estimate of drug-likeness (QED) is 0.209. The molecule has 0 saturated heterocycles. The molecule has 0 spiro atoms. The highest BCUT2D eigenvalue weighted by atomic mass is 14.6. The molecule has 42 heavy (non-hydrogen) atoms. The first-order valence-electron chi connectivity index (χ1n) is 14.5. The van der Waals surface area contributed by atoms with E-state index in [9.17, 15) is 0 Å². The molecule has 7 aromatic rings. The Hall–Kier alpha value is -5.34. The Morgan fingerprint density at radius 3 is 1.55 bits per heavy atom. The van der Waals surface area contributed by atoms with Crippen LogP contribution in [0.25, 0.3) is 65.7 Å². The summed E-state index contributed by atoms with van der Waals surface area (Å²) in [6.45, 7) is 0. The number of fused-ring (bicyclic) bond motifs is 6. The summed E-state index contributed by atoms with van der Waals surface area (Å²) in [5.41, 5.74) is 9.68. The highest BCUT2D eigenvalue weighted by Crippen LogP contribution is 2.39. The van der Waals surface area contributed by atoms with E-state index in [1.807, 2.05) is 36.9 Å². The maximum atomic E-state index is 4.38. The number of nitrogens with zero attached hydrogens (tertiary/aromatic N) is 2. The van der Waals surface area contributed by atoms with E-state index in [2.05, 4.69) is 119 Å². The van der Waals surface area contributed by atoms with Gasteiger partial charge in [-0.1, -0.05) is 84.9 Å². The normalized spacial score (nSPS) is 13.3. The summed E-state index contributed by atoms with van der Waals surface area (Å²) in [5.74, 6) is 0. The number of aromatic nitrogens is 2. The summed E-state index contributed by atoms with van der Waals surface area (Å²) in [4.78, 5) is 8.77. The van der Waals surface area contributed by atoms with Gasteiger partial charge in [0.2, 0.25) is 0 Å². The zero-order valence-electron chi connectivity index (χ0n) is 23.2. The second-order valence-electron chi connectivity index (χ2n) is 11.0. The van der Waals surface area contributed by atoms with Crippen molar-refractivity contribution >= 4 is 43.5 Å². The molecule has 0 radical (unpaired) electrons. The van der Waals surface area contributed by atoms with Crippen molar-refractivity contribution in [2.24, 2.45) is 0 Å². The molecule has 1 aliphatic carbocycles. The third kappa shape index (κ3) is 4.29. The average molecular weight is 537 g/mol. The third-order valence-electron chi connectivity index (χ3n) is 8.48. The molecular weight excluding hydrogens is 508 g/mol. The fraction of sp³-hybridized carbons (Fsp3) is 0.0500. The van der Waals surface area contributed by atoms with Crippen molar-refractivity contribution in [1.82, 2.24) is 9.97 Å². The van der Waals surface area contributed by atoms with Gasteiger partial charge >= 0.3 is 0 Å². The molecule has 0 aliphatic heterocycles. The molecule has 0 amide bonds. The Morgan fingerprint density at radius 2 is 0.976 bits per heavy atom. The Bertz CT molecular complexity index is 2080. The van der Waals surface area contributed by atoms with Crippen molar-refractivity contribution in [3.63, 3.8) is 0 Å². The molecule has 0 fully saturated rings. The molecule has 5 aromatic carbocycles. The van der Waals surface area contributed by atoms with Gasteiger partial charge < -0.3 is 0 Å². The van der Waals surface area contributed by atoms with E-state index in [-0.39, 0.29) is 0 Å². The highest BCUT2D eigenvalue weighted by Gasteiger charge is 2.15. The largest absolute Gasteiger partial charge is 0.264 e. The maximum Gasteiger partial charge on any atom is 0.0346 e. The van der Waals surface area contributed by atoms with E-state index in [0.29, 0.717) is 0 Å². The Labute approximate surface area is 245 Å². The fourth-order valence-electron chi connectivity index (χ4n) is 6.43. The van der Waals surface area contributed by atoms with Crippen molar-refractivity contribution < 1.29 is 0 Å². The van der Waals surface area contributed by atoms with Gasteiger partial charge in [0.15, 0.2) is 0 Å². The molecule has 2 nitrogen and oxygen atoms in total. The van der Waals surface area contributed by atoms with Crippen LogP contribution >= 0.6 is 0 Å². The zero-order valence-corrected chi connectivity index (χ0v) is 23.2. The minimum Gasteiger partial charge on any atom is -0.264 e. The lowest BCUT2D eigenvalue weighted by Crippen LogP contribution is -1.95. The monoisotopic (exact) mass is 536 g/mol. The number of benzene rings is 5. The average Bonchev–Trinajstić information content (AvgIpc) is 3.09. The number of hydrogen-bond acceptors (Lipinski definition) is 2. The molecule has 0 saturated carbocycles. The molecule has 2 aromatic heterocycles. The fourth-order valence-corrected chi connectivity index (χ4v) is 6.43. The number of hydrogen-bond donors (Lipinski definition) is 0. The molecule has 8 rings (SSSR count). The molecule has 0 unspecified atom stereocenters. The lowest BCUT2D eigenvalue weighted by atomic mass is 9.86. The van der Waals surface area contributed by atoms with Crippen LogP contribution < -0.4 is 0 Å². The van der Waals surface area contributed by atoms with Crippen LogP contribution in [0.2, 0.25) is 0 Å². The molecule has 0 atom stereocenters. The Balaban J connectivity index is 1.26. The van der Waals surface area contributed by atoms with Crippen LogP contribution in [0.4, 0.5) is 0 Å². The van der Waals surface area contributed by atoms with E-state index >= 15 is 0 Å². The summed E-state index contributed by atoms with van der Waals surface area (Å²) in [7, 11) is 0. The van der Waals surface area contributed by atoms with Gasteiger partial charge in [-0.3, -0.25) is 9.97 Å². The van der Waals surface area contributed by atoms with Crippen LogP contribution in [0.5, 0.6) is 0 Å². The smallest absolute Gasteiger partial charge is 0.0346 e. The molecular formula is C40H28N2. The van der Waals surface area contributed by atoms with E-state index in [1.165, 1.54) is 54.6 Å². The first-order chi connectivity index (χ1) is 20.8. The lowest BCUT2D eigenvalue weighted by molar-refractivity contribution is 1.06. The lowest BCUT2D eigenvalue weighted by Gasteiger charge is -2.18. The van der Waals surface area contributed by atoms with Gasteiger partial charge in [-0.25, -0.2) is 0 Å². The Kier molecular flexibility index (Phi) is 5.97. The molecule has 2 heteroatoms. The summed E-state index contributed by atoms with van der Waals surface area (Å²) < 4.78 is 0. The van der Waals surface area contributed by atoms with Crippen LogP contribution in [-0.2, 0) is 0 Å². The number of rotatable bonds is 4. The van der Waals surface area contributed by atoms with Crippen molar-refractivity contribution in [3.05, 3.63) is 157 Å². The van der Waals surface area contributed by atoms with Crippen LogP contribution in [0.15, 0.2) is 146 Å². The van der Waals surface area contributed by atoms with Gasteiger partial charge in [0, 0.05) is 35.9 Å². The first kappa shape index (κ1) is 24.5. The molecule has 1 aliphatic rings. The predicted octanol–water partition coefficient (Wildman–Crippen LogP) is 10.5. The van der Waals surface area contributed by atoms with Crippen molar-refractivity contribution in [1.29, 1.82) is 0 Å². The van der Waals surface area contributed by atoms with Gasteiger partial charge in [0.25, 0.3) is 0 Å². The second-order valence-corrected chi connectivity index (χ2v) is 11.0. The van der Waals surface area contributed by atoms with Gasteiger partial charge in [0.1, 0.15) is 0 Å².